The highest BCUT2D eigenvalue weighted by Crippen LogP contribution is 2.08. The van der Waals surface area contributed by atoms with Gasteiger partial charge in [-0.05, 0) is 12.1 Å². The molecule has 2 rings (SSSR count). The SMILES string of the molecule is [c]1occ2cccnc12. The van der Waals surface area contributed by atoms with Gasteiger partial charge in [-0.15, -0.1) is 0 Å². The van der Waals surface area contributed by atoms with Gasteiger partial charge in [0.05, 0.1) is 0 Å². The highest BCUT2D eigenvalue weighted by atomic mass is 16.3. The van der Waals surface area contributed by atoms with Crippen LogP contribution in [0, 0.1) is 6.26 Å². The van der Waals surface area contributed by atoms with Crippen molar-refractivity contribution in [1.82, 2.24) is 4.98 Å². The zero-order valence-corrected chi connectivity index (χ0v) is 4.66. The lowest BCUT2D eigenvalue weighted by Gasteiger charge is -1.79. The van der Waals surface area contributed by atoms with Crippen LogP contribution in [0.3, 0.4) is 0 Å². The molecule has 2 heteroatoms. The van der Waals surface area contributed by atoms with Gasteiger partial charge in [-0.1, -0.05) is 0 Å². The molecule has 2 heterocycles. The summed E-state index contributed by atoms with van der Waals surface area (Å²) in [5, 5.41) is 0.998. The lowest BCUT2D eigenvalue weighted by atomic mass is 10.3. The summed E-state index contributed by atoms with van der Waals surface area (Å²) < 4.78 is 4.78. The lowest BCUT2D eigenvalue weighted by Crippen LogP contribution is -1.67. The molecule has 0 saturated carbocycles. The third-order valence-corrected chi connectivity index (χ3v) is 1.18. The van der Waals surface area contributed by atoms with Crippen LogP contribution in [0.4, 0.5) is 0 Å². The predicted octanol–water partition coefficient (Wildman–Crippen LogP) is 1.63. The molecule has 1 radical (unpaired) electrons. The summed E-state index contributed by atoms with van der Waals surface area (Å²) in [6.07, 6.45) is 5.98. The van der Waals surface area contributed by atoms with Gasteiger partial charge >= 0.3 is 0 Å². The van der Waals surface area contributed by atoms with Crippen molar-refractivity contribution < 1.29 is 4.42 Å². The molecule has 2 aromatic heterocycles. The Hall–Kier alpha value is -1.31. The third-order valence-electron chi connectivity index (χ3n) is 1.18. The van der Waals surface area contributed by atoms with Crippen LogP contribution in [-0.4, -0.2) is 4.98 Å². The summed E-state index contributed by atoms with van der Waals surface area (Å²) in [5.74, 6) is 0. The summed E-state index contributed by atoms with van der Waals surface area (Å²) in [5.41, 5.74) is 0.789. The van der Waals surface area contributed by atoms with E-state index in [1.807, 2.05) is 12.1 Å². The maximum atomic E-state index is 4.78. The number of hydrogen-bond acceptors (Lipinski definition) is 2. The van der Waals surface area contributed by atoms with Crippen molar-refractivity contribution >= 4 is 10.9 Å². The Balaban J connectivity index is 2.95. The first-order valence-corrected chi connectivity index (χ1v) is 2.67. The summed E-state index contributed by atoms with van der Waals surface area (Å²) >= 11 is 0. The van der Waals surface area contributed by atoms with Gasteiger partial charge in [0.2, 0.25) is 0 Å². The molecule has 0 fully saturated rings. The predicted molar refractivity (Wildman–Crippen MR) is 32.8 cm³/mol. The molecule has 0 aliphatic heterocycles. The average Bonchev–Trinajstić information content (AvgIpc) is 2.33. The molecule has 43 valence electrons. The van der Waals surface area contributed by atoms with E-state index < -0.39 is 0 Å². The average molecular weight is 118 g/mol. The monoisotopic (exact) mass is 118 g/mol. The molecule has 9 heavy (non-hydrogen) atoms. The van der Waals surface area contributed by atoms with Crippen LogP contribution in [0.15, 0.2) is 29.0 Å². The van der Waals surface area contributed by atoms with Crippen molar-refractivity contribution in [3.8, 4) is 0 Å². The Kier molecular flexibility index (Phi) is 0.803. The van der Waals surface area contributed by atoms with Crippen LogP contribution in [0.25, 0.3) is 10.9 Å². The molecule has 0 unspecified atom stereocenters. The van der Waals surface area contributed by atoms with Gasteiger partial charge in [0.15, 0.2) is 6.26 Å². The van der Waals surface area contributed by atoms with E-state index in [-0.39, 0.29) is 0 Å². The van der Waals surface area contributed by atoms with Gasteiger partial charge in [-0.25, -0.2) is 0 Å². The molecule has 0 amide bonds. The molecule has 0 atom stereocenters. The minimum atomic E-state index is 0.789. The summed E-state index contributed by atoms with van der Waals surface area (Å²) in [6.45, 7) is 0. The smallest absolute Gasteiger partial charge is 0.197 e. The Morgan fingerprint density at radius 2 is 2.56 bits per heavy atom. The zero-order chi connectivity index (χ0) is 6.10. The first-order chi connectivity index (χ1) is 4.47. The van der Waals surface area contributed by atoms with E-state index in [0.717, 1.165) is 10.9 Å². The van der Waals surface area contributed by atoms with Crippen molar-refractivity contribution in [3.05, 3.63) is 30.9 Å². The Labute approximate surface area is 52.1 Å². The van der Waals surface area contributed by atoms with Gasteiger partial charge in [0.1, 0.15) is 11.8 Å². The number of aromatic nitrogens is 1. The topological polar surface area (TPSA) is 26.0 Å². The highest BCUT2D eigenvalue weighted by Gasteiger charge is 1.92. The fraction of sp³-hybridized carbons (Fsp3) is 0. The van der Waals surface area contributed by atoms with Crippen molar-refractivity contribution in [1.29, 1.82) is 0 Å². The highest BCUT2D eigenvalue weighted by molar-refractivity contribution is 5.75. The summed E-state index contributed by atoms with van der Waals surface area (Å²) in [6, 6.07) is 3.80. The Bertz CT molecular complexity index is 283. The number of furan rings is 1. The third kappa shape index (κ3) is 0.598. The molecule has 0 aromatic carbocycles. The van der Waals surface area contributed by atoms with E-state index >= 15 is 0 Å². The summed E-state index contributed by atoms with van der Waals surface area (Å²) in [7, 11) is 0. The van der Waals surface area contributed by atoms with Gasteiger partial charge < -0.3 is 4.42 Å². The van der Waals surface area contributed by atoms with Gasteiger partial charge in [-0.2, -0.15) is 0 Å². The van der Waals surface area contributed by atoms with Crippen LogP contribution >= 0.6 is 0 Å². The van der Waals surface area contributed by atoms with Crippen LogP contribution in [0.1, 0.15) is 0 Å². The summed E-state index contributed by atoms with van der Waals surface area (Å²) in [4.78, 5) is 3.99. The van der Waals surface area contributed by atoms with E-state index in [0.29, 0.717) is 0 Å². The maximum absolute atomic E-state index is 4.78. The first-order valence-electron chi connectivity index (χ1n) is 2.67. The number of pyridine rings is 1. The number of hydrogen-bond donors (Lipinski definition) is 0. The molecular weight excluding hydrogens is 114 g/mol. The molecule has 0 saturated heterocycles. The standard InChI is InChI=1S/C7H4NO/c1-2-6-4-9-5-7(6)8-3-1/h1-4H. The van der Waals surface area contributed by atoms with Crippen molar-refractivity contribution in [2.75, 3.05) is 0 Å². The largest absolute Gasteiger partial charge is 0.458 e. The molecule has 0 aliphatic carbocycles. The van der Waals surface area contributed by atoms with Crippen molar-refractivity contribution in [3.63, 3.8) is 0 Å². The second kappa shape index (κ2) is 1.58. The maximum Gasteiger partial charge on any atom is 0.197 e. The van der Waals surface area contributed by atoms with Crippen LogP contribution in [-0.2, 0) is 0 Å². The molecular formula is C7H4NO. The molecule has 0 bridgehead atoms. The second-order valence-electron chi connectivity index (χ2n) is 1.78. The lowest BCUT2D eigenvalue weighted by molar-refractivity contribution is 0.563. The van der Waals surface area contributed by atoms with Crippen LogP contribution in [0.2, 0.25) is 0 Å². The van der Waals surface area contributed by atoms with Gasteiger partial charge in [0, 0.05) is 11.6 Å². The van der Waals surface area contributed by atoms with E-state index in [4.69, 9.17) is 4.42 Å². The van der Waals surface area contributed by atoms with Gasteiger partial charge in [0.25, 0.3) is 0 Å². The fourth-order valence-electron chi connectivity index (χ4n) is 0.747. The Morgan fingerprint density at radius 3 is 3.44 bits per heavy atom. The minimum Gasteiger partial charge on any atom is -0.458 e. The molecule has 2 aromatic rings. The number of rotatable bonds is 0. The van der Waals surface area contributed by atoms with Crippen molar-refractivity contribution in [2.24, 2.45) is 0 Å². The van der Waals surface area contributed by atoms with E-state index in [1.54, 1.807) is 12.5 Å². The number of fused-ring (bicyclic) bond motifs is 1. The van der Waals surface area contributed by atoms with Crippen LogP contribution in [0.5, 0.6) is 0 Å². The first kappa shape index (κ1) is 4.56. The quantitative estimate of drug-likeness (QED) is 0.525. The fourth-order valence-corrected chi connectivity index (χ4v) is 0.747. The normalized spacial score (nSPS) is 10.2. The van der Waals surface area contributed by atoms with Gasteiger partial charge in [-0.3, -0.25) is 4.98 Å². The minimum absolute atomic E-state index is 0.789. The zero-order valence-electron chi connectivity index (χ0n) is 4.66. The van der Waals surface area contributed by atoms with Crippen molar-refractivity contribution in [2.45, 2.75) is 0 Å². The number of nitrogens with zero attached hydrogens (tertiary/aromatic N) is 1. The van der Waals surface area contributed by atoms with E-state index in [9.17, 15) is 0 Å². The molecule has 0 N–H and O–H groups in total. The van der Waals surface area contributed by atoms with E-state index in [1.165, 1.54) is 0 Å². The molecule has 0 aliphatic rings. The second-order valence-corrected chi connectivity index (χ2v) is 1.78. The Morgan fingerprint density at radius 1 is 1.56 bits per heavy atom. The van der Waals surface area contributed by atoms with Crippen LogP contribution < -0.4 is 0 Å². The molecule has 2 nitrogen and oxygen atoms in total. The molecule has 0 spiro atoms. The van der Waals surface area contributed by atoms with E-state index in [2.05, 4.69) is 11.2 Å².